The summed E-state index contributed by atoms with van der Waals surface area (Å²) >= 11 is 0. The maximum absolute atomic E-state index is 13.7. The average molecular weight is 383 g/mol. The lowest BCUT2D eigenvalue weighted by molar-refractivity contribution is -0.0527. The highest BCUT2D eigenvalue weighted by molar-refractivity contribution is 7.53. The van der Waals surface area contributed by atoms with E-state index < -0.39 is 13.7 Å². The van der Waals surface area contributed by atoms with Crippen LogP contribution in [0, 0.1) is 5.41 Å². The van der Waals surface area contributed by atoms with Gasteiger partial charge in [-0.3, -0.25) is 4.57 Å². The Morgan fingerprint density at radius 1 is 1.15 bits per heavy atom. The van der Waals surface area contributed by atoms with Gasteiger partial charge in [-0.1, -0.05) is 20.8 Å². The molecule has 2 saturated heterocycles. The van der Waals surface area contributed by atoms with Gasteiger partial charge in [0.05, 0.1) is 18.8 Å². The van der Waals surface area contributed by atoms with Crippen molar-refractivity contribution in [3.63, 3.8) is 0 Å². The molecule has 10 heteroatoms. The second kappa shape index (κ2) is 9.08. The standard InChI is InChI=1S/C16H32B2N3O4P/c1-16(2,3)6-12-9-21(10-15(18)24-12)26(22,20(4)5)23-11-13-7-19-8-14(17)25-13/h12-15,19H,6-11H2,1-5H3. The Morgan fingerprint density at radius 3 is 2.38 bits per heavy atom. The fraction of sp³-hybridized carbons (Fsp3) is 1.00. The largest absolute Gasteiger partial charge is 0.382 e. The predicted molar refractivity (Wildman–Crippen MR) is 105 cm³/mol. The van der Waals surface area contributed by atoms with Crippen molar-refractivity contribution in [1.82, 2.24) is 14.7 Å². The summed E-state index contributed by atoms with van der Waals surface area (Å²) in [5.74, 6) is 0. The molecular formula is C16H32B2N3O4P. The molecule has 4 radical (unpaired) electrons. The molecule has 0 aromatic carbocycles. The predicted octanol–water partition coefficient (Wildman–Crippen LogP) is 0.787. The third-order valence-corrected chi connectivity index (χ3v) is 6.93. The van der Waals surface area contributed by atoms with Crippen molar-refractivity contribution < 1.29 is 18.6 Å². The van der Waals surface area contributed by atoms with E-state index in [4.69, 9.17) is 29.7 Å². The smallest absolute Gasteiger partial charge is 0.345 e. The van der Waals surface area contributed by atoms with E-state index in [0.29, 0.717) is 26.2 Å². The molecule has 5 atom stereocenters. The number of rotatable bonds is 6. The van der Waals surface area contributed by atoms with Crippen LogP contribution in [0.25, 0.3) is 0 Å². The van der Waals surface area contributed by atoms with Crippen molar-refractivity contribution in [3.05, 3.63) is 0 Å². The van der Waals surface area contributed by atoms with Gasteiger partial charge < -0.3 is 19.3 Å². The highest BCUT2D eigenvalue weighted by Crippen LogP contribution is 2.54. The number of nitrogens with zero attached hydrogens (tertiary/aromatic N) is 2. The topological polar surface area (TPSA) is 63.3 Å². The minimum atomic E-state index is -3.24. The molecule has 2 rings (SSSR count). The Bertz CT molecular complexity index is 506. The van der Waals surface area contributed by atoms with E-state index >= 15 is 0 Å². The molecule has 0 aromatic heterocycles. The van der Waals surface area contributed by atoms with E-state index in [9.17, 15) is 4.57 Å². The molecule has 0 amide bonds. The van der Waals surface area contributed by atoms with E-state index in [-0.39, 0.29) is 30.2 Å². The van der Waals surface area contributed by atoms with Gasteiger partial charge in [0, 0.05) is 38.2 Å². The molecule has 7 nitrogen and oxygen atoms in total. The van der Waals surface area contributed by atoms with Crippen LogP contribution in [0.3, 0.4) is 0 Å². The number of nitrogens with one attached hydrogen (secondary N) is 1. The Labute approximate surface area is 160 Å². The van der Waals surface area contributed by atoms with Gasteiger partial charge in [-0.2, -0.15) is 0 Å². The minimum Gasteiger partial charge on any atom is -0.382 e. The summed E-state index contributed by atoms with van der Waals surface area (Å²) in [5, 5.41) is 3.18. The highest BCUT2D eigenvalue weighted by atomic mass is 31.2. The van der Waals surface area contributed by atoms with Gasteiger partial charge in [0.25, 0.3) is 0 Å². The Morgan fingerprint density at radius 2 is 1.81 bits per heavy atom. The molecule has 0 spiro atoms. The van der Waals surface area contributed by atoms with E-state index in [1.807, 2.05) is 4.67 Å². The summed E-state index contributed by atoms with van der Waals surface area (Å²) in [7, 11) is 12.2. The minimum absolute atomic E-state index is 0.0864. The molecule has 146 valence electrons. The number of ether oxygens (including phenoxy) is 2. The summed E-state index contributed by atoms with van der Waals surface area (Å²) in [4.78, 5) is 0. The van der Waals surface area contributed by atoms with Gasteiger partial charge in [-0.25, -0.2) is 9.34 Å². The zero-order valence-corrected chi connectivity index (χ0v) is 17.6. The van der Waals surface area contributed by atoms with Gasteiger partial charge in [-0.05, 0) is 25.9 Å². The number of hydrogen-bond acceptors (Lipinski definition) is 5. The van der Waals surface area contributed by atoms with Crippen molar-refractivity contribution in [1.29, 1.82) is 0 Å². The van der Waals surface area contributed by atoms with Crippen molar-refractivity contribution in [2.45, 2.75) is 51.4 Å². The monoisotopic (exact) mass is 383 g/mol. The van der Waals surface area contributed by atoms with Crippen LogP contribution in [0.2, 0.25) is 0 Å². The van der Waals surface area contributed by atoms with Gasteiger partial charge in [-0.15, -0.1) is 0 Å². The molecule has 0 bridgehead atoms. The second-order valence-corrected chi connectivity index (χ2v) is 11.1. The first-order chi connectivity index (χ1) is 12.0. The molecule has 5 unspecified atom stereocenters. The van der Waals surface area contributed by atoms with Crippen LogP contribution in [0.4, 0.5) is 0 Å². The fourth-order valence-corrected chi connectivity index (χ4v) is 5.33. The molecule has 1 N–H and O–H groups in total. The van der Waals surface area contributed by atoms with E-state index in [2.05, 4.69) is 26.1 Å². The Hall–Kier alpha value is 0.120. The van der Waals surface area contributed by atoms with Gasteiger partial charge >= 0.3 is 7.67 Å². The van der Waals surface area contributed by atoms with Gasteiger partial charge in [0.15, 0.2) is 0 Å². The first kappa shape index (κ1) is 22.4. The second-order valence-electron chi connectivity index (χ2n) is 8.52. The molecular weight excluding hydrogens is 351 g/mol. The molecule has 2 aliphatic rings. The van der Waals surface area contributed by atoms with Crippen molar-refractivity contribution in [2.75, 3.05) is 46.9 Å². The van der Waals surface area contributed by atoms with Crippen molar-refractivity contribution in [3.8, 4) is 0 Å². The van der Waals surface area contributed by atoms with Crippen LogP contribution in [-0.2, 0) is 18.6 Å². The SMILES string of the molecule is [B]C1CNCC(COP(=O)(N(C)C)N2CC([B])OC(CC(C)(C)C)C2)O1. The third kappa shape index (κ3) is 6.33. The maximum atomic E-state index is 13.7. The normalized spacial score (nSPS) is 33.9. The maximum Gasteiger partial charge on any atom is 0.345 e. The van der Waals surface area contributed by atoms with Crippen LogP contribution in [-0.4, -0.2) is 96.1 Å². The summed E-state index contributed by atoms with van der Waals surface area (Å²) in [5.41, 5.74) is 0.0914. The first-order valence-electron chi connectivity index (χ1n) is 9.20. The summed E-state index contributed by atoms with van der Waals surface area (Å²) in [6.45, 7) is 8.76. The van der Waals surface area contributed by atoms with Crippen LogP contribution < -0.4 is 5.32 Å². The highest BCUT2D eigenvalue weighted by Gasteiger charge is 2.41. The molecule has 0 saturated carbocycles. The van der Waals surface area contributed by atoms with E-state index in [1.54, 1.807) is 18.8 Å². The van der Waals surface area contributed by atoms with E-state index in [0.717, 1.165) is 6.42 Å². The van der Waals surface area contributed by atoms with Crippen LogP contribution in [0.15, 0.2) is 0 Å². The molecule has 2 fully saturated rings. The lowest BCUT2D eigenvalue weighted by Crippen LogP contribution is -2.50. The van der Waals surface area contributed by atoms with Crippen LogP contribution >= 0.6 is 7.67 Å². The summed E-state index contributed by atoms with van der Waals surface area (Å²) in [6, 6.07) is -0.863. The van der Waals surface area contributed by atoms with Gasteiger partial charge in [0.1, 0.15) is 15.7 Å². The Kier molecular flexibility index (Phi) is 7.83. The zero-order valence-electron chi connectivity index (χ0n) is 16.7. The zero-order chi connectivity index (χ0) is 19.5. The number of hydrogen-bond donors (Lipinski definition) is 1. The molecule has 26 heavy (non-hydrogen) atoms. The first-order valence-corrected chi connectivity index (χ1v) is 10.7. The van der Waals surface area contributed by atoms with Gasteiger partial charge in [0.2, 0.25) is 0 Å². The fourth-order valence-electron chi connectivity index (χ4n) is 3.31. The lowest BCUT2D eigenvalue weighted by atomic mass is 9.88. The average Bonchev–Trinajstić information content (AvgIpc) is 2.50. The molecule has 2 aliphatic heterocycles. The third-order valence-electron chi connectivity index (χ3n) is 4.39. The summed E-state index contributed by atoms with van der Waals surface area (Å²) in [6.07, 6.45) is 0.513. The van der Waals surface area contributed by atoms with E-state index in [1.165, 1.54) is 0 Å². The lowest BCUT2D eigenvalue weighted by Gasteiger charge is -2.44. The van der Waals surface area contributed by atoms with Crippen molar-refractivity contribution >= 4 is 23.4 Å². The molecule has 0 aromatic rings. The summed E-state index contributed by atoms with van der Waals surface area (Å²) < 4.78 is 34.5. The molecule has 2 heterocycles. The number of morpholine rings is 2. The molecule has 0 aliphatic carbocycles. The van der Waals surface area contributed by atoms with Crippen LogP contribution in [0.5, 0.6) is 0 Å². The quantitative estimate of drug-likeness (QED) is 0.538. The Balaban J connectivity index is 2.04. The van der Waals surface area contributed by atoms with Crippen molar-refractivity contribution in [2.24, 2.45) is 5.41 Å². The van der Waals surface area contributed by atoms with Crippen LogP contribution in [0.1, 0.15) is 27.2 Å².